The fraction of sp³-hybridized carbons (Fsp3) is 0.129. The lowest BCUT2D eigenvalue weighted by atomic mass is 10.2. The number of nitrogens with zero attached hydrogens (tertiary/aromatic N) is 5. The van der Waals surface area contributed by atoms with Crippen molar-refractivity contribution in [2.45, 2.75) is 6.92 Å². The molecule has 212 valence electrons. The molecule has 0 bridgehead atoms. The second-order valence-corrected chi connectivity index (χ2v) is 8.34. The number of aliphatic imine (C=N–C) groups is 2. The van der Waals surface area contributed by atoms with Gasteiger partial charge in [-0.1, -0.05) is 24.8 Å². The van der Waals surface area contributed by atoms with E-state index in [2.05, 4.69) is 31.5 Å². The SMILES string of the molecule is C=Cc1ccc(Oc2nc(Oc3ccc(C=NCC=O)cc3)nc(Oc3ccc(C=NCC(=O)OCC)cc3)n2)cc1. The third-order valence-corrected chi connectivity index (χ3v) is 5.26. The van der Waals surface area contributed by atoms with E-state index in [0.29, 0.717) is 23.9 Å². The summed E-state index contributed by atoms with van der Waals surface area (Å²) in [6.45, 7) is 5.84. The summed E-state index contributed by atoms with van der Waals surface area (Å²) < 4.78 is 22.4. The summed E-state index contributed by atoms with van der Waals surface area (Å²) in [7, 11) is 0. The Kier molecular flexibility index (Phi) is 10.6. The zero-order chi connectivity index (χ0) is 29.6. The molecule has 42 heavy (non-hydrogen) atoms. The molecule has 0 aliphatic rings. The van der Waals surface area contributed by atoms with E-state index < -0.39 is 5.97 Å². The maximum atomic E-state index is 11.5. The van der Waals surface area contributed by atoms with Crippen molar-refractivity contribution < 1.29 is 28.5 Å². The molecule has 0 aliphatic heterocycles. The van der Waals surface area contributed by atoms with E-state index in [1.807, 2.05) is 12.1 Å². The minimum absolute atomic E-state index is 0.0401. The van der Waals surface area contributed by atoms with Crippen molar-refractivity contribution in [3.05, 3.63) is 96.1 Å². The number of aldehydes is 1. The molecule has 0 saturated carbocycles. The molecule has 4 aromatic rings. The van der Waals surface area contributed by atoms with Gasteiger partial charge in [0.15, 0.2) is 0 Å². The molecule has 11 heteroatoms. The van der Waals surface area contributed by atoms with Crippen molar-refractivity contribution in [3.8, 4) is 35.3 Å². The Labute approximate surface area is 242 Å². The van der Waals surface area contributed by atoms with Crippen LogP contribution in [0.5, 0.6) is 35.3 Å². The second kappa shape index (κ2) is 15.2. The Morgan fingerprint density at radius 1 is 0.714 bits per heavy atom. The quantitative estimate of drug-likeness (QED) is 0.110. The minimum atomic E-state index is -0.393. The van der Waals surface area contributed by atoms with Gasteiger partial charge in [0.25, 0.3) is 0 Å². The van der Waals surface area contributed by atoms with E-state index in [1.54, 1.807) is 86.1 Å². The number of esters is 1. The fourth-order valence-electron chi connectivity index (χ4n) is 3.32. The van der Waals surface area contributed by atoms with Crippen molar-refractivity contribution in [3.63, 3.8) is 0 Å². The van der Waals surface area contributed by atoms with Crippen LogP contribution in [0.3, 0.4) is 0 Å². The standard InChI is InChI=1S/C31H27N5O6/c1-3-22-5-11-25(12-6-22)40-29-34-30(41-26-13-7-23(8-14-26)19-32-17-18-37)36-31(35-29)42-27-15-9-24(10-16-27)20-33-21-28(38)39-4-2/h3,5-16,18-20H,1,4,17,21H2,2H3. The molecule has 0 spiro atoms. The molecule has 0 amide bonds. The topological polar surface area (TPSA) is 134 Å². The lowest BCUT2D eigenvalue weighted by Gasteiger charge is -2.10. The second-order valence-electron chi connectivity index (χ2n) is 8.34. The van der Waals surface area contributed by atoms with Crippen molar-refractivity contribution in [1.82, 2.24) is 15.0 Å². The first-order chi connectivity index (χ1) is 20.5. The third-order valence-electron chi connectivity index (χ3n) is 5.26. The highest BCUT2D eigenvalue weighted by Crippen LogP contribution is 2.27. The fourth-order valence-corrected chi connectivity index (χ4v) is 3.32. The number of carbonyl (C=O) groups is 2. The van der Waals surface area contributed by atoms with Crippen molar-refractivity contribution >= 4 is 30.8 Å². The van der Waals surface area contributed by atoms with Crippen LogP contribution < -0.4 is 14.2 Å². The highest BCUT2D eigenvalue weighted by molar-refractivity contribution is 5.82. The smallest absolute Gasteiger partial charge is 0.331 e. The van der Waals surface area contributed by atoms with Gasteiger partial charge in [-0.25, -0.2) is 0 Å². The van der Waals surface area contributed by atoms with Gasteiger partial charge in [-0.3, -0.25) is 14.8 Å². The van der Waals surface area contributed by atoms with Crippen LogP contribution in [0, 0.1) is 0 Å². The molecule has 0 aliphatic carbocycles. The number of rotatable bonds is 14. The first-order valence-electron chi connectivity index (χ1n) is 12.9. The van der Waals surface area contributed by atoms with Crippen LogP contribution in [-0.4, -0.2) is 59.3 Å². The minimum Gasteiger partial charge on any atom is -0.465 e. The van der Waals surface area contributed by atoms with Crippen molar-refractivity contribution in [1.29, 1.82) is 0 Å². The Hall–Kier alpha value is -5.71. The normalized spacial score (nSPS) is 10.9. The summed E-state index contributed by atoms with van der Waals surface area (Å²) in [6, 6.07) is 21.0. The molecular weight excluding hydrogens is 538 g/mol. The van der Waals surface area contributed by atoms with E-state index in [1.165, 1.54) is 0 Å². The maximum Gasteiger partial charge on any atom is 0.331 e. The Morgan fingerprint density at radius 3 is 1.55 bits per heavy atom. The number of ether oxygens (including phenoxy) is 4. The van der Waals surface area contributed by atoms with Gasteiger partial charge in [-0.2, -0.15) is 0 Å². The van der Waals surface area contributed by atoms with E-state index in [-0.39, 0.29) is 31.1 Å². The summed E-state index contributed by atoms with van der Waals surface area (Å²) in [5.41, 5.74) is 2.49. The first kappa shape index (κ1) is 29.3. The highest BCUT2D eigenvalue weighted by Gasteiger charge is 2.13. The zero-order valence-electron chi connectivity index (χ0n) is 22.8. The Morgan fingerprint density at radius 2 is 1.14 bits per heavy atom. The summed E-state index contributed by atoms with van der Waals surface area (Å²) in [6.07, 6.45) is 5.60. The van der Waals surface area contributed by atoms with Gasteiger partial charge >= 0.3 is 24.0 Å². The van der Waals surface area contributed by atoms with Gasteiger partial charge in [-0.05, 0) is 84.3 Å². The van der Waals surface area contributed by atoms with E-state index in [9.17, 15) is 9.59 Å². The predicted octanol–water partition coefficient (Wildman–Crippen LogP) is 5.49. The van der Waals surface area contributed by atoms with Crippen LogP contribution in [-0.2, 0) is 14.3 Å². The first-order valence-corrected chi connectivity index (χ1v) is 12.9. The average molecular weight is 566 g/mol. The van der Waals surface area contributed by atoms with Gasteiger partial charge in [0.2, 0.25) is 0 Å². The van der Waals surface area contributed by atoms with E-state index in [4.69, 9.17) is 18.9 Å². The number of aromatic nitrogens is 3. The van der Waals surface area contributed by atoms with Gasteiger partial charge in [0.1, 0.15) is 30.1 Å². The Bertz CT molecular complexity index is 1550. The van der Waals surface area contributed by atoms with Crippen LogP contribution in [0.1, 0.15) is 23.6 Å². The number of carbonyl (C=O) groups excluding carboxylic acids is 2. The molecule has 0 atom stereocenters. The largest absolute Gasteiger partial charge is 0.465 e. The van der Waals surface area contributed by atoms with Gasteiger partial charge in [0, 0.05) is 12.4 Å². The lowest BCUT2D eigenvalue weighted by Crippen LogP contribution is -2.07. The molecule has 0 unspecified atom stereocenters. The van der Waals surface area contributed by atoms with Gasteiger partial charge in [-0.15, -0.1) is 15.0 Å². The molecule has 11 nitrogen and oxygen atoms in total. The van der Waals surface area contributed by atoms with Crippen LogP contribution in [0.15, 0.2) is 89.4 Å². The molecule has 0 radical (unpaired) electrons. The summed E-state index contributed by atoms with van der Waals surface area (Å²) in [5.74, 6) is 0.993. The molecule has 0 fully saturated rings. The number of hydrogen-bond acceptors (Lipinski definition) is 11. The molecular formula is C31H27N5O6. The molecule has 0 N–H and O–H groups in total. The van der Waals surface area contributed by atoms with Crippen LogP contribution in [0.4, 0.5) is 0 Å². The lowest BCUT2D eigenvalue weighted by molar-refractivity contribution is -0.141. The maximum absolute atomic E-state index is 11.5. The number of hydrogen-bond donors (Lipinski definition) is 0. The van der Waals surface area contributed by atoms with Crippen molar-refractivity contribution in [2.24, 2.45) is 9.98 Å². The summed E-state index contributed by atoms with van der Waals surface area (Å²) in [4.78, 5) is 42.8. The van der Waals surface area contributed by atoms with Crippen LogP contribution in [0.2, 0.25) is 0 Å². The third kappa shape index (κ3) is 9.19. The average Bonchev–Trinajstić information content (AvgIpc) is 2.99. The predicted molar refractivity (Wildman–Crippen MR) is 157 cm³/mol. The number of benzene rings is 3. The molecule has 3 aromatic carbocycles. The molecule has 1 aromatic heterocycles. The van der Waals surface area contributed by atoms with E-state index >= 15 is 0 Å². The monoisotopic (exact) mass is 565 g/mol. The van der Waals surface area contributed by atoms with Crippen LogP contribution >= 0.6 is 0 Å². The zero-order valence-corrected chi connectivity index (χ0v) is 22.8. The van der Waals surface area contributed by atoms with E-state index in [0.717, 1.165) is 23.0 Å². The molecule has 1 heterocycles. The summed E-state index contributed by atoms with van der Waals surface area (Å²) in [5, 5.41) is 0. The van der Waals surface area contributed by atoms with Gasteiger partial charge in [0.05, 0.1) is 13.2 Å². The molecule has 0 saturated heterocycles. The van der Waals surface area contributed by atoms with Crippen LogP contribution in [0.25, 0.3) is 6.08 Å². The summed E-state index contributed by atoms with van der Waals surface area (Å²) >= 11 is 0. The Balaban J connectivity index is 1.52. The highest BCUT2D eigenvalue weighted by atomic mass is 16.5. The molecule has 4 rings (SSSR count). The van der Waals surface area contributed by atoms with Gasteiger partial charge < -0.3 is 23.7 Å². The van der Waals surface area contributed by atoms with Crippen molar-refractivity contribution in [2.75, 3.05) is 19.7 Å².